The number of benzene rings is 1. The number of alkyl halides is 3. The second-order valence-corrected chi connectivity index (χ2v) is 4.87. The van der Waals surface area contributed by atoms with Gasteiger partial charge in [-0.05, 0) is 25.5 Å². The lowest BCUT2D eigenvalue weighted by Gasteiger charge is -2.12. The minimum absolute atomic E-state index is 0.0273. The van der Waals surface area contributed by atoms with Crippen LogP contribution in [0.2, 0.25) is 0 Å². The Morgan fingerprint density at radius 1 is 1.12 bits per heavy atom. The summed E-state index contributed by atoms with van der Waals surface area (Å²) in [4.78, 5) is 4.27. The molecule has 0 fully saturated rings. The van der Waals surface area contributed by atoms with Crippen molar-refractivity contribution in [3.05, 3.63) is 30.3 Å². The summed E-state index contributed by atoms with van der Waals surface area (Å²) in [7, 11) is 0. The average Bonchev–Trinajstić information content (AvgIpc) is 2.54. The Bertz CT molecular complexity index is 467. The van der Waals surface area contributed by atoms with E-state index in [1.165, 1.54) is 0 Å². The van der Waals surface area contributed by atoms with Crippen molar-refractivity contribution in [2.75, 3.05) is 39.5 Å². The molecule has 1 rings (SSSR count). The maximum atomic E-state index is 11.9. The Labute approximate surface area is 140 Å². The fourth-order valence-electron chi connectivity index (χ4n) is 1.74. The molecule has 136 valence electrons. The van der Waals surface area contributed by atoms with E-state index in [1.54, 1.807) is 0 Å². The maximum absolute atomic E-state index is 11.9. The molecule has 2 N–H and O–H groups in total. The summed E-state index contributed by atoms with van der Waals surface area (Å²) in [6.07, 6.45) is -3.86. The number of hydrogen-bond acceptors (Lipinski definition) is 3. The van der Waals surface area contributed by atoms with Crippen molar-refractivity contribution in [2.45, 2.75) is 19.5 Å². The Hall–Kier alpha value is -1.96. The lowest BCUT2D eigenvalue weighted by molar-refractivity contribution is -0.173. The molecular formula is C16H24F3N3O2. The van der Waals surface area contributed by atoms with Crippen molar-refractivity contribution >= 4 is 5.96 Å². The summed E-state index contributed by atoms with van der Waals surface area (Å²) in [6, 6.07) is 9.46. The van der Waals surface area contributed by atoms with Crippen molar-refractivity contribution < 1.29 is 22.6 Å². The second kappa shape index (κ2) is 11.6. The largest absolute Gasteiger partial charge is 0.492 e. The van der Waals surface area contributed by atoms with Crippen molar-refractivity contribution in [3.63, 3.8) is 0 Å². The zero-order chi connectivity index (χ0) is 17.7. The molecule has 0 aromatic heterocycles. The van der Waals surface area contributed by atoms with Crippen LogP contribution in [0.4, 0.5) is 13.2 Å². The van der Waals surface area contributed by atoms with E-state index in [0.717, 1.165) is 5.75 Å². The highest BCUT2D eigenvalue weighted by Gasteiger charge is 2.27. The smallest absolute Gasteiger partial charge is 0.411 e. The van der Waals surface area contributed by atoms with E-state index in [0.29, 0.717) is 38.6 Å². The highest BCUT2D eigenvalue weighted by Crippen LogP contribution is 2.14. The van der Waals surface area contributed by atoms with E-state index in [4.69, 9.17) is 4.74 Å². The molecular weight excluding hydrogens is 323 g/mol. The van der Waals surface area contributed by atoms with Gasteiger partial charge in [0.25, 0.3) is 0 Å². The second-order valence-electron chi connectivity index (χ2n) is 4.87. The summed E-state index contributed by atoms with van der Waals surface area (Å²) in [6.45, 7) is 2.85. The molecule has 1 aromatic carbocycles. The Kier molecular flexibility index (Phi) is 9.67. The first-order chi connectivity index (χ1) is 11.5. The number of rotatable bonds is 10. The summed E-state index contributed by atoms with van der Waals surface area (Å²) in [5.74, 6) is 1.40. The van der Waals surface area contributed by atoms with Gasteiger partial charge < -0.3 is 20.1 Å². The lowest BCUT2D eigenvalue weighted by atomic mass is 10.3. The van der Waals surface area contributed by atoms with E-state index in [1.807, 2.05) is 37.3 Å². The van der Waals surface area contributed by atoms with Crippen LogP contribution in [0.15, 0.2) is 35.3 Å². The first-order valence-electron chi connectivity index (χ1n) is 7.86. The van der Waals surface area contributed by atoms with Crippen LogP contribution < -0.4 is 15.4 Å². The number of aliphatic imine (C=N–C) groups is 1. The van der Waals surface area contributed by atoms with Crippen LogP contribution in [0.25, 0.3) is 0 Å². The van der Waals surface area contributed by atoms with Crippen LogP contribution in [0.3, 0.4) is 0 Å². The first kappa shape index (κ1) is 20.1. The van der Waals surface area contributed by atoms with E-state index in [-0.39, 0.29) is 6.61 Å². The predicted octanol–water partition coefficient (Wildman–Crippen LogP) is 2.59. The molecule has 0 aliphatic rings. The molecule has 0 aliphatic carbocycles. The molecule has 0 bridgehead atoms. The molecule has 0 spiro atoms. The van der Waals surface area contributed by atoms with E-state index in [9.17, 15) is 13.2 Å². The van der Waals surface area contributed by atoms with Gasteiger partial charge in [0, 0.05) is 19.7 Å². The van der Waals surface area contributed by atoms with Gasteiger partial charge in [-0.3, -0.25) is 4.99 Å². The number of para-hydroxylation sites is 1. The molecule has 0 radical (unpaired) electrons. The Balaban J connectivity index is 2.17. The van der Waals surface area contributed by atoms with Crippen LogP contribution >= 0.6 is 0 Å². The number of nitrogens with one attached hydrogen (secondary N) is 2. The fraction of sp³-hybridized carbons (Fsp3) is 0.562. The third kappa shape index (κ3) is 10.7. The van der Waals surface area contributed by atoms with Gasteiger partial charge in [-0.25, -0.2) is 0 Å². The maximum Gasteiger partial charge on any atom is 0.411 e. The lowest BCUT2D eigenvalue weighted by Crippen LogP contribution is -2.39. The minimum Gasteiger partial charge on any atom is -0.492 e. The van der Waals surface area contributed by atoms with Gasteiger partial charge in [-0.2, -0.15) is 13.2 Å². The van der Waals surface area contributed by atoms with Crippen molar-refractivity contribution in [2.24, 2.45) is 4.99 Å². The average molecular weight is 347 g/mol. The molecule has 0 aliphatic heterocycles. The van der Waals surface area contributed by atoms with Gasteiger partial charge in [0.15, 0.2) is 5.96 Å². The molecule has 0 heterocycles. The van der Waals surface area contributed by atoms with Gasteiger partial charge in [0.2, 0.25) is 0 Å². The zero-order valence-electron chi connectivity index (χ0n) is 13.7. The normalized spacial score (nSPS) is 12.1. The molecule has 24 heavy (non-hydrogen) atoms. The summed E-state index contributed by atoms with van der Waals surface area (Å²) >= 11 is 0. The van der Waals surface area contributed by atoms with Crippen LogP contribution in [0.5, 0.6) is 5.75 Å². The van der Waals surface area contributed by atoms with Gasteiger partial charge in [0.1, 0.15) is 19.0 Å². The van der Waals surface area contributed by atoms with Crippen LogP contribution in [0, 0.1) is 0 Å². The molecule has 5 nitrogen and oxygen atoms in total. The summed E-state index contributed by atoms with van der Waals surface area (Å²) in [5.41, 5.74) is 0. The number of guanidine groups is 1. The molecule has 1 aromatic rings. The number of ether oxygens (including phenoxy) is 2. The number of nitrogens with zero attached hydrogens (tertiary/aromatic N) is 1. The van der Waals surface area contributed by atoms with Crippen molar-refractivity contribution in [1.29, 1.82) is 0 Å². The summed E-state index contributed by atoms with van der Waals surface area (Å²) < 4.78 is 45.8. The van der Waals surface area contributed by atoms with Crippen molar-refractivity contribution in [3.8, 4) is 5.75 Å². The zero-order valence-corrected chi connectivity index (χ0v) is 13.7. The van der Waals surface area contributed by atoms with Gasteiger partial charge in [0.05, 0.1) is 6.54 Å². The molecule has 8 heteroatoms. The molecule has 0 saturated heterocycles. The minimum atomic E-state index is -4.28. The van der Waals surface area contributed by atoms with Gasteiger partial charge in [-0.15, -0.1) is 0 Å². The number of hydrogen-bond donors (Lipinski definition) is 2. The Morgan fingerprint density at radius 3 is 2.54 bits per heavy atom. The number of halogens is 3. The third-order valence-corrected chi connectivity index (χ3v) is 2.73. The first-order valence-corrected chi connectivity index (χ1v) is 7.86. The quantitative estimate of drug-likeness (QED) is 0.388. The van der Waals surface area contributed by atoms with Crippen LogP contribution in [-0.2, 0) is 4.74 Å². The fourth-order valence-corrected chi connectivity index (χ4v) is 1.74. The highest BCUT2D eigenvalue weighted by molar-refractivity contribution is 5.79. The van der Waals surface area contributed by atoms with Crippen molar-refractivity contribution in [1.82, 2.24) is 10.6 Å². The SMILES string of the molecule is CCNC(=NCCCOCC(F)(F)F)NCCOc1ccccc1. The predicted molar refractivity (Wildman–Crippen MR) is 87.4 cm³/mol. The molecule has 0 atom stereocenters. The molecule has 0 saturated carbocycles. The van der Waals surface area contributed by atoms with Crippen LogP contribution in [0.1, 0.15) is 13.3 Å². The topological polar surface area (TPSA) is 54.9 Å². The summed E-state index contributed by atoms with van der Waals surface area (Å²) in [5, 5.41) is 6.16. The van der Waals surface area contributed by atoms with E-state index >= 15 is 0 Å². The molecule has 0 amide bonds. The Morgan fingerprint density at radius 2 is 1.88 bits per heavy atom. The van der Waals surface area contributed by atoms with E-state index in [2.05, 4.69) is 20.4 Å². The van der Waals surface area contributed by atoms with Crippen LogP contribution in [-0.4, -0.2) is 51.6 Å². The van der Waals surface area contributed by atoms with Gasteiger partial charge in [-0.1, -0.05) is 18.2 Å². The van der Waals surface area contributed by atoms with Gasteiger partial charge >= 0.3 is 6.18 Å². The molecule has 0 unspecified atom stereocenters. The highest BCUT2D eigenvalue weighted by atomic mass is 19.4. The van der Waals surface area contributed by atoms with E-state index < -0.39 is 12.8 Å². The third-order valence-electron chi connectivity index (χ3n) is 2.73. The monoisotopic (exact) mass is 347 g/mol. The standard InChI is InChI=1S/C16H24F3N3O2/c1-2-20-15(21-9-6-11-23-13-16(17,18)19)22-10-12-24-14-7-4-3-5-8-14/h3-5,7-8H,2,6,9-13H2,1H3,(H2,20,21,22).